The zero-order chi connectivity index (χ0) is 15.1. The molecule has 0 amide bonds. The number of H-pyrrole nitrogens is 1. The number of nitrogens with one attached hydrogen (secondary N) is 1. The van der Waals surface area contributed by atoms with Gasteiger partial charge in [-0.2, -0.15) is 5.10 Å². The van der Waals surface area contributed by atoms with Gasteiger partial charge in [-0.05, 0) is 36.8 Å². The van der Waals surface area contributed by atoms with Crippen LogP contribution in [0.3, 0.4) is 0 Å². The van der Waals surface area contributed by atoms with Crippen LogP contribution in [0, 0.1) is 0 Å². The van der Waals surface area contributed by atoms with E-state index >= 15 is 0 Å². The predicted molar refractivity (Wildman–Crippen MR) is 79.8 cm³/mol. The Labute approximate surface area is 128 Å². The van der Waals surface area contributed by atoms with Crippen molar-refractivity contribution >= 4 is 17.6 Å². The lowest BCUT2D eigenvalue weighted by Crippen LogP contribution is -2.12. The fraction of sp³-hybridized carbons (Fsp3) is 0.333. The quantitative estimate of drug-likeness (QED) is 0.630. The Kier molecular flexibility index (Phi) is 5.63. The van der Waals surface area contributed by atoms with Crippen LogP contribution in [-0.2, 0) is 11.2 Å². The summed E-state index contributed by atoms with van der Waals surface area (Å²) in [5.41, 5.74) is 1.23. The van der Waals surface area contributed by atoms with E-state index < -0.39 is 5.97 Å². The molecule has 0 spiro atoms. The van der Waals surface area contributed by atoms with Crippen LogP contribution in [0.25, 0.3) is 0 Å². The van der Waals surface area contributed by atoms with Crippen LogP contribution in [0.5, 0.6) is 5.75 Å². The largest absolute Gasteiger partial charge is 0.490 e. The number of halogens is 1. The van der Waals surface area contributed by atoms with Crippen molar-refractivity contribution in [3.8, 4) is 5.75 Å². The van der Waals surface area contributed by atoms with Crippen LogP contribution in [0.4, 0.5) is 0 Å². The molecule has 1 aromatic heterocycles. The molecule has 1 aromatic carbocycles. The summed E-state index contributed by atoms with van der Waals surface area (Å²) in [6.45, 7) is 2.50. The second-order valence-corrected chi connectivity index (χ2v) is 4.90. The lowest BCUT2D eigenvalue weighted by molar-refractivity contribution is 0.0443. The van der Waals surface area contributed by atoms with Gasteiger partial charge in [0, 0.05) is 10.7 Å². The zero-order valence-electron chi connectivity index (χ0n) is 11.8. The van der Waals surface area contributed by atoms with Gasteiger partial charge in [-0.15, -0.1) is 0 Å². The van der Waals surface area contributed by atoms with Crippen molar-refractivity contribution in [1.29, 1.82) is 0 Å². The van der Waals surface area contributed by atoms with Crippen LogP contribution in [-0.4, -0.2) is 29.4 Å². The highest BCUT2D eigenvalue weighted by atomic mass is 35.5. The van der Waals surface area contributed by atoms with Crippen LogP contribution in [0.1, 0.15) is 29.5 Å². The Bertz CT molecular complexity index is 581. The summed E-state index contributed by atoms with van der Waals surface area (Å²) in [5, 5.41) is 7.39. The van der Waals surface area contributed by atoms with Crippen LogP contribution in [0.2, 0.25) is 5.02 Å². The van der Waals surface area contributed by atoms with E-state index in [1.54, 1.807) is 30.3 Å². The zero-order valence-corrected chi connectivity index (χ0v) is 12.5. The number of esters is 1. The van der Waals surface area contributed by atoms with Gasteiger partial charge in [-0.25, -0.2) is 4.79 Å². The van der Waals surface area contributed by atoms with E-state index in [1.807, 2.05) is 0 Å². The lowest BCUT2D eigenvalue weighted by atomic mass is 10.2. The van der Waals surface area contributed by atoms with Gasteiger partial charge < -0.3 is 9.47 Å². The van der Waals surface area contributed by atoms with Crippen LogP contribution >= 0.6 is 11.6 Å². The molecule has 112 valence electrons. The standard InChI is InChI=1S/C15H17ClN2O3/c1-2-3-12-10-14(18-17-12)15(19)21-9-8-20-13-6-4-11(16)5-7-13/h4-7,10H,2-3,8-9H2,1H3,(H,17,18). The highest BCUT2D eigenvalue weighted by Gasteiger charge is 2.11. The summed E-state index contributed by atoms with van der Waals surface area (Å²) in [6.07, 6.45) is 1.85. The second-order valence-electron chi connectivity index (χ2n) is 4.47. The molecular weight excluding hydrogens is 292 g/mol. The number of ether oxygens (including phenoxy) is 2. The molecule has 0 fully saturated rings. The summed E-state index contributed by atoms with van der Waals surface area (Å²) in [6, 6.07) is 8.71. The first-order valence-electron chi connectivity index (χ1n) is 6.79. The predicted octanol–water partition coefficient (Wildman–Crippen LogP) is 3.25. The third kappa shape index (κ3) is 4.79. The average molecular weight is 309 g/mol. The Morgan fingerprint density at radius 2 is 2.05 bits per heavy atom. The molecule has 0 radical (unpaired) electrons. The van der Waals surface area contributed by atoms with E-state index in [9.17, 15) is 4.79 Å². The van der Waals surface area contributed by atoms with Crippen LogP contribution < -0.4 is 4.74 Å². The molecule has 0 aliphatic rings. The maximum atomic E-state index is 11.7. The smallest absolute Gasteiger partial charge is 0.358 e. The normalized spacial score (nSPS) is 10.4. The first-order chi connectivity index (χ1) is 10.2. The third-order valence-corrected chi connectivity index (χ3v) is 3.01. The Morgan fingerprint density at radius 3 is 2.76 bits per heavy atom. The summed E-state index contributed by atoms with van der Waals surface area (Å²) < 4.78 is 10.5. The number of carbonyl (C=O) groups is 1. The van der Waals surface area contributed by atoms with E-state index in [2.05, 4.69) is 17.1 Å². The summed E-state index contributed by atoms with van der Waals surface area (Å²) in [4.78, 5) is 11.7. The molecule has 6 heteroatoms. The molecule has 2 aromatic rings. The minimum absolute atomic E-state index is 0.164. The first-order valence-corrected chi connectivity index (χ1v) is 7.16. The molecule has 21 heavy (non-hydrogen) atoms. The Hall–Kier alpha value is -2.01. The minimum atomic E-state index is -0.451. The number of aromatic nitrogens is 2. The van der Waals surface area contributed by atoms with Gasteiger partial charge in [0.2, 0.25) is 0 Å². The van der Waals surface area contributed by atoms with Crippen molar-refractivity contribution in [3.63, 3.8) is 0 Å². The maximum Gasteiger partial charge on any atom is 0.358 e. The van der Waals surface area contributed by atoms with E-state index in [0.29, 0.717) is 16.5 Å². The highest BCUT2D eigenvalue weighted by molar-refractivity contribution is 6.30. The first kappa shape index (κ1) is 15.4. The Morgan fingerprint density at radius 1 is 1.29 bits per heavy atom. The second kappa shape index (κ2) is 7.69. The summed E-state index contributed by atoms with van der Waals surface area (Å²) in [7, 11) is 0. The minimum Gasteiger partial charge on any atom is -0.490 e. The van der Waals surface area contributed by atoms with Gasteiger partial charge in [0.1, 0.15) is 19.0 Å². The molecule has 0 bridgehead atoms. The number of benzene rings is 1. The molecule has 1 heterocycles. The van der Waals surface area contributed by atoms with E-state index in [1.165, 1.54) is 0 Å². The summed E-state index contributed by atoms with van der Waals surface area (Å²) in [5.74, 6) is 0.230. The molecular formula is C15H17ClN2O3. The fourth-order valence-electron chi connectivity index (χ4n) is 1.76. The molecule has 0 atom stereocenters. The van der Waals surface area contributed by atoms with Crippen molar-refractivity contribution in [2.75, 3.05) is 13.2 Å². The number of rotatable bonds is 7. The van der Waals surface area contributed by atoms with E-state index in [-0.39, 0.29) is 13.2 Å². The van der Waals surface area contributed by atoms with Crippen molar-refractivity contribution < 1.29 is 14.3 Å². The third-order valence-electron chi connectivity index (χ3n) is 2.76. The number of nitrogens with zero attached hydrogens (tertiary/aromatic N) is 1. The number of carbonyl (C=O) groups excluding carboxylic acids is 1. The molecule has 5 nitrogen and oxygen atoms in total. The SMILES string of the molecule is CCCc1cc(C(=O)OCCOc2ccc(Cl)cc2)n[nH]1. The number of hydrogen-bond donors (Lipinski definition) is 1. The van der Waals surface area contributed by atoms with Crippen LogP contribution in [0.15, 0.2) is 30.3 Å². The Balaban J connectivity index is 1.72. The summed E-state index contributed by atoms with van der Waals surface area (Å²) >= 11 is 5.77. The van der Waals surface area contributed by atoms with Gasteiger partial charge in [-0.1, -0.05) is 24.9 Å². The molecule has 1 N–H and O–H groups in total. The topological polar surface area (TPSA) is 64.2 Å². The van der Waals surface area contributed by atoms with Gasteiger partial charge in [0.25, 0.3) is 0 Å². The molecule has 0 aliphatic heterocycles. The maximum absolute atomic E-state index is 11.7. The van der Waals surface area contributed by atoms with Gasteiger partial charge >= 0.3 is 5.97 Å². The van der Waals surface area contributed by atoms with E-state index in [0.717, 1.165) is 18.5 Å². The number of aromatic amines is 1. The van der Waals surface area contributed by atoms with Crippen molar-refractivity contribution in [3.05, 3.63) is 46.7 Å². The monoisotopic (exact) mass is 308 g/mol. The van der Waals surface area contributed by atoms with Crippen molar-refractivity contribution in [2.45, 2.75) is 19.8 Å². The number of aryl methyl sites for hydroxylation is 1. The lowest BCUT2D eigenvalue weighted by Gasteiger charge is -2.06. The van der Waals surface area contributed by atoms with Crippen molar-refractivity contribution in [1.82, 2.24) is 10.2 Å². The van der Waals surface area contributed by atoms with Gasteiger partial charge in [-0.3, -0.25) is 5.10 Å². The van der Waals surface area contributed by atoms with Gasteiger partial charge in [0.15, 0.2) is 5.69 Å². The van der Waals surface area contributed by atoms with Crippen molar-refractivity contribution in [2.24, 2.45) is 0 Å². The molecule has 0 saturated carbocycles. The van der Waals surface area contributed by atoms with E-state index in [4.69, 9.17) is 21.1 Å². The molecule has 0 unspecified atom stereocenters. The molecule has 2 rings (SSSR count). The van der Waals surface area contributed by atoms with Gasteiger partial charge in [0.05, 0.1) is 0 Å². The highest BCUT2D eigenvalue weighted by Crippen LogP contribution is 2.15. The fourth-order valence-corrected chi connectivity index (χ4v) is 1.89. The molecule has 0 saturated heterocycles. The molecule has 0 aliphatic carbocycles. The average Bonchev–Trinajstić information content (AvgIpc) is 2.94. The number of hydrogen-bond acceptors (Lipinski definition) is 4.